The standard InChI is InChI=1S/C28H36FN3O4Si/c1-18-25(37(2,3)29)24(13-15-33)36-28(18)22-16-20(31-26(34)19-8-7-14-30-17-19)11-12-23(22)32(27(28)35)21-9-5-4-6-10-21/h4-6,9-12,16,18-19,24-25,30,33H,7-8,13-15,17H2,1-3H3,(H,31,34)/t18-,19?,24+,25-,28+/m1/s1. The zero-order valence-corrected chi connectivity index (χ0v) is 22.7. The number of carbonyl (C=O) groups excluding carboxylic acids is 2. The van der Waals surface area contributed by atoms with Gasteiger partial charge in [-0.05, 0) is 69.2 Å². The summed E-state index contributed by atoms with van der Waals surface area (Å²) < 4.78 is 22.3. The highest BCUT2D eigenvalue weighted by Gasteiger charge is 2.66. The number of amides is 2. The Morgan fingerprint density at radius 1 is 1.27 bits per heavy atom. The molecule has 5 rings (SSSR count). The lowest BCUT2D eigenvalue weighted by Crippen LogP contribution is -2.44. The van der Waals surface area contributed by atoms with Crippen LogP contribution in [0.15, 0.2) is 48.5 Å². The van der Waals surface area contributed by atoms with Crippen LogP contribution in [-0.2, 0) is 19.9 Å². The van der Waals surface area contributed by atoms with Crippen LogP contribution in [0.3, 0.4) is 0 Å². The third-order valence-electron chi connectivity index (χ3n) is 8.23. The van der Waals surface area contributed by atoms with Gasteiger partial charge in [0.15, 0.2) is 5.60 Å². The Labute approximate surface area is 218 Å². The number of nitrogens with zero attached hydrogens (tertiary/aromatic N) is 1. The summed E-state index contributed by atoms with van der Waals surface area (Å²) in [6.45, 7) is 6.59. The van der Waals surface area contributed by atoms with Gasteiger partial charge in [0.25, 0.3) is 5.91 Å². The van der Waals surface area contributed by atoms with Crippen molar-refractivity contribution in [2.75, 3.05) is 29.9 Å². The van der Waals surface area contributed by atoms with Crippen molar-refractivity contribution >= 4 is 37.3 Å². The fraction of sp³-hybridized carbons (Fsp3) is 0.500. The van der Waals surface area contributed by atoms with Crippen molar-refractivity contribution < 1.29 is 23.5 Å². The van der Waals surface area contributed by atoms with Gasteiger partial charge < -0.3 is 24.6 Å². The number of anilines is 3. The molecule has 3 N–H and O–H groups in total. The fourth-order valence-corrected chi connectivity index (χ4v) is 9.14. The first kappa shape index (κ1) is 26.0. The number of hydrogen-bond donors (Lipinski definition) is 3. The maximum atomic E-state index is 15.7. The average Bonchev–Trinajstić information content (AvgIpc) is 3.31. The second kappa shape index (κ2) is 9.94. The third-order valence-corrected chi connectivity index (χ3v) is 10.7. The van der Waals surface area contributed by atoms with Crippen molar-refractivity contribution in [3.05, 3.63) is 54.1 Å². The van der Waals surface area contributed by atoms with E-state index >= 15 is 4.11 Å². The Balaban J connectivity index is 1.60. The van der Waals surface area contributed by atoms with Crippen LogP contribution >= 0.6 is 0 Å². The summed E-state index contributed by atoms with van der Waals surface area (Å²) in [5.41, 5.74) is 0.716. The van der Waals surface area contributed by atoms with Gasteiger partial charge in [0.2, 0.25) is 14.3 Å². The molecule has 2 amide bonds. The van der Waals surface area contributed by atoms with Crippen LogP contribution in [0.4, 0.5) is 21.2 Å². The molecule has 3 heterocycles. The molecule has 1 spiro atoms. The Bertz CT molecular complexity index is 1170. The van der Waals surface area contributed by atoms with E-state index in [0.717, 1.165) is 19.4 Å². The molecule has 0 radical (unpaired) electrons. The predicted octanol–water partition coefficient (Wildman–Crippen LogP) is 4.46. The molecule has 3 aliphatic rings. The summed E-state index contributed by atoms with van der Waals surface area (Å²) in [4.78, 5) is 29.0. The van der Waals surface area contributed by atoms with E-state index < -0.39 is 31.6 Å². The van der Waals surface area contributed by atoms with Gasteiger partial charge in [0.05, 0.1) is 17.7 Å². The lowest BCUT2D eigenvalue weighted by Gasteiger charge is -2.31. The number of para-hydroxylation sites is 1. The van der Waals surface area contributed by atoms with E-state index in [2.05, 4.69) is 10.6 Å². The molecule has 2 fully saturated rings. The number of aliphatic hydroxyl groups is 1. The second-order valence-corrected chi connectivity index (χ2v) is 14.8. The Hall–Kier alpha value is -2.59. The zero-order chi connectivity index (χ0) is 26.4. The smallest absolute Gasteiger partial charge is 0.268 e. The van der Waals surface area contributed by atoms with Crippen molar-refractivity contribution in [1.82, 2.24) is 5.32 Å². The van der Waals surface area contributed by atoms with Gasteiger partial charge in [-0.2, -0.15) is 0 Å². The molecule has 3 aliphatic heterocycles. The fourth-order valence-electron chi connectivity index (χ4n) is 6.60. The summed E-state index contributed by atoms with van der Waals surface area (Å²) in [6.07, 6.45) is 1.46. The molecule has 7 nitrogen and oxygen atoms in total. The monoisotopic (exact) mass is 525 g/mol. The molecule has 2 aromatic rings. The van der Waals surface area contributed by atoms with E-state index in [1.807, 2.05) is 55.5 Å². The number of benzene rings is 2. The average molecular weight is 526 g/mol. The normalized spacial score (nSPS) is 29.5. The molecule has 0 saturated carbocycles. The van der Waals surface area contributed by atoms with E-state index in [4.69, 9.17) is 4.74 Å². The van der Waals surface area contributed by atoms with Crippen LogP contribution in [0.2, 0.25) is 18.6 Å². The van der Waals surface area contributed by atoms with Crippen LogP contribution in [0, 0.1) is 11.8 Å². The minimum absolute atomic E-state index is 0.0563. The number of carbonyl (C=O) groups is 2. The summed E-state index contributed by atoms with van der Waals surface area (Å²) in [7, 11) is -3.28. The number of rotatable bonds is 6. The van der Waals surface area contributed by atoms with E-state index in [-0.39, 0.29) is 30.8 Å². The third kappa shape index (κ3) is 4.41. The molecule has 2 saturated heterocycles. The first-order valence-corrected chi connectivity index (χ1v) is 16.2. The molecular weight excluding hydrogens is 489 g/mol. The minimum atomic E-state index is -3.28. The predicted molar refractivity (Wildman–Crippen MR) is 144 cm³/mol. The van der Waals surface area contributed by atoms with Crippen LogP contribution < -0.4 is 15.5 Å². The number of halogens is 1. The number of fused-ring (bicyclic) bond motifs is 2. The van der Waals surface area contributed by atoms with Crippen LogP contribution in [0.1, 0.15) is 31.7 Å². The molecular formula is C28H36FN3O4Si. The second-order valence-electron chi connectivity index (χ2n) is 11.0. The molecule has 37 heavy (non-hydrogen) atoms. The summed E-state index contributed by atoms with van der Waals surface area (Å²) in [5.74, 6) is -0.884. The molecule has 198 valence electrons. The first-order chi connectivity index (χ1) is 17.7. The largest absolute Gasteiger partial charge is 0.396 e. The minimum Gasteiger partial charge on any atom is -0.396 e. The van der Waals surface area contributed by atoms with Crippen LogP contribution in [-0.4, -0.2) is 51.1 Å². The van der Waals surface area contributed by atoms with Gasteiger partial charge >= 0.3 is 0 Å². The van der Waals surface area contributed by atoms with Gasteiger partial charge in [0.1, 0.15) is 0 Å². The van der Waals surface area contributed by atoms with E-state index in [1.54, 1.807) is 18.0 Å². The quantitative estimate of drug-likeness (QED) is 0.383. The van der Waals surface area contributed by atoms with Crippen molar-refractivity contribution in [3.63, 3.8) is 0 Å². The Morgan fingerprint density at radius 2 is 2.03 bits per heavy atom. The van der Waals surface area contributed by atoms with E-state index in [1.165, 1.54) is 0 Å². The molecule has 5 atom stereocenters. The van der Waals surface area contributed by atoms with Gasteiger partial charge in [0, 0.05) is 41.5 Å². The van der Waals surface area contributed by atoms with Crippen LogP contribution in [0.25, 0.3) is 0 Å². The van der Waals surface area contributed by atoms with Crippen LogP contribution in [0.5, 0.6) is 0 Å². The number of ether oxygens (including phenoxy) is 1. The summed E-state index contributed by atoms with van der Waals surface area (Å²) >= 11 is 0. The van der Waals surface area contributed by atoms with E-state index in [0.29, 0.717) is 29.2 Å². The Kier molecular flexibility index (Phi) is 6.99. The maximum absolute atomic E-state index is 15.7. The summed E-state index contributed by atoms with van der Waals surface area (Å²) in [5, 5.41) is 16.1. The van der Waals surface area contributed by atoms with Crippen molar-refractivity contribution in [1.29, 1.82) is 0 Å². The topological polar surface area (TPSA) is 90.9 Å². The molecule has 0 aromatic heterocycles. The highest BCUT2D eigenvalue weighted by atomic mass is 28.4. The molecule has 2 aromatic carbocycles. The highest BCUT2D eigenvalue weighted by Crippen LogP contribution is 2.61. The van der Waals surface area contributed by atoms with Gasteiger partial charge in [-0.15, -0.1) is 0 Å². The van der Waals surface area contributed by atoms with Crippen molar-refractivity contribution in [2.24, 2.45) is 11.8 Å². The lowest BCUT2D eigenvalue weighted by atomic mass is 9.82. The maximum Gasteiger partial charge on any atom is 0.268 e. The molecule has 0 bridgehead atoms. The highest BCUT2D eigenvalue weighted by molar-refractivity contribution is 6.72. The van der Waals surface area contributed by atoms with Gasteiger partial charge in [-0.25, -0.2) is 0 Å². The Morgan fingerprint density at radius 3 is 2.68 bits per heavy atom. The first-order valence-electron chi connectivity index (χ1n) is 13.2. The van der Waals surface area contributed by atoms with Crippen molar-refractivity contribution in [2.45, 2.75) is 56.5 Å². The van der Waals surface area contributed by atoms with E-state index in [9.17, 15) is 14.7 Å². The SMILES string of the molecule is C[C@@H]1[C@@H]([Si](C)(C)F)[C@H](CCO)O[C@@]12C(=O)N(c1ccccc1)c1ccc(NC(=O)C3CCCNC3)cc12. The molecule has 9 heteroatoms. The number of piperidine rings is 1. The molecule has 0 aliphatic carbocycles. The number of nitrogens with one attached hydrogen (secondary N) is 2. The lowest BCUT2D eigenvalue weighted by molar-refractivity contribution is -0.145. The van der Waals surface area contributed by atoms with Gasteiger partial charge in [-0.3, -0.25) is 14.5 Å². The zero-order valence-electron chi connectivity index (χ0n) is 21.7. The van der Waals surface area contributed by atoms with Crippen molar-refractivity contribution in [3.8, 4) is 0 Å². The summed E-state index contributed by atoms with van der Waals surface area (Å²) in [6, 6.07) is 14.8. The number of aliphatic hydroxyl groups excluding tert-OH is 1. The van der Waals surface area contributed by atoms with Gasteiger partial charge in [-0.1, -0.05) is 25.1 Å². The molecule has 1 unspecified atom stereocenters. The number of hydrogen-bond acceptors (Lipinski definition) is 5.